The number of carbonyl (C=O) groups is 1. The van der Waals surface area contributed by atoms with Crippen LogP contribution >= 0.6 is 0 Å². The Hall–Kier alpha value is -3.64. The predicted molar refractivity (Wildman–Crippen MR) is 128 cm³/mol. The van der Waals surface area contributed by atoms with Crippen LogP contribution in [-0.4, -0.2) is 6.16 Å². The van der Waals surface area contributed by atoms with Gasteiger partial charge in [-0.25, -0.2) is 13.6 Å². The monoisotopic (exact) mass is 477 g/mol. The molecule has 0 bridgehead atoms. The molecule has 0 aliphatic carbocycles. The van der Waals surface area contributed by atoms with E-state index in [2.05, 4.69) is 0 Å². The van der Waals surface area contributed by atoms with E-state index in [-0.39, 0.29) is 5.75 Å². The van der Waals surface area contributed by atoms with Gasteiger partial charge in [-0.1, -0.05) is 48.5 Å². The van der Waals surface area contributed by atoms with Crippen molar-refractivity contribution in [2.75, 3.05) is 0 Å². The average molecular weight is 478 g/mol. The Labute approximate surface area is 200 Å². The molecule has 0 spiro atoms. The van der Waals surface area contributed by atoms with Crippen molar-refractivity contribution in [3.63, 3.8) is 0 Å². The molecule has 0 fully saturated rings. The molecule has 0 atom stereocenters. The van der Waals surface area contributed by atoms with Gasteiger partial charge in [0.05, 0.1) is 10.9 Å². The molecular formula is C28H23F2O3S+. The van der Waals surface area contributed by atoms with E-state index in [0.29, 0.717) is 5.56 Å². The fourth-order valence-electron chi connectivity index (χ4n) is 3.44. The predicted octanol–water partition coefficient (Wildman–Crippen LogP) is 7.51. The summed E-state index contributed by atoms with van der Waals surface area (Å²) < 4.78 is 38.8. The quantitative estimate of drug-likeness (QED) is 0.164. The second-order valence-electron chi connectivity index (χ2n) is 8.00. The summed E-state index contributed by atoms with van der Waals surface area (Å²) in [6.07, 6.45) is -1.05. The third-order valence-corrected chi connectivity index (χ3v) is 7.38. The smallest absolute Gasteiger partial charge is 0.423 e. The second kappa shape index (κ2) is 10.1. The van der Waals surface area contributed by atoms with Crippen LogP contribution in [0.5, 0.6) is 5.75 Å². The molecule has 0 aromatic heterocycles. The summed E-state index contributed by atoms with van der Waals surface area (Å²) in [4.78, 5) is 15.2. The zero-order valence-electron chi connectivity index (χ0n) is 18.7. The van der Waals surface area contributed by atoms with E-state index in [0.717, 1.165) is 14.7 Å². The molecule has 3 nitrogen and oxygen atoms in total. The standard InChI is InChI=1S/C28H23F2O3S/c1-28(2,20-13-15-21(29)16-14-20)33-27(31)32-26-18-17-24(19-25(26)30)34(22-9-5-3-6-10-22)23-11-7-4-8-12-23/h3-19H,1-2H3/q+1. The first-order valence-electron chi connectivity index (χ1n) is 10.6. The maximum atomic E-state index is 15.0. The van der Waals surface area contributed by atoms with Crippen LogP contribution in [0.3, 0.4) is 0 Å². The first-order chi connectivity index (χ1) is 16.3. The zero-order valence-corrected chi connectivity index (χ0v) is 19.5. The molecule has 0 heterocycles. The van der Waals surface area contributed by atoms with Gasteiger partial charge in [0.25, 0.3) is 0 Å². The van der Waals surface area contributed by atoms with Gasteiger partial charge in [-0.2, -0.15) is 0 Å². The Balaban J connectivity index is 1.55. The van der Waals surface area contributed by atoms with Gasteiger partial charge < -0.3 is 9.47 Å². The molecule has 4 aromatic carbocycles. The summed E-state index contributed by atoms with van der Waals surface area (Å²) in [6.45, 7) is 3.29. The molecule has 172 valence electrons. The number of hydrogen-bond donors (Lipinski definition) is 0. The Bertz CT molecular complexity index is 1220. The molecule has 0 N–H and O–H groups in total. The minimum atomic E-state index is -1.09. The van der Waals surface area contributed by atoms with E-state index >= 15 is 4.39 Å². The fourth-order valence-corrected chi connectivity index (χ4v) is 5.54. The number of ether oxygens (including phenoxy) is 2. The highest BCUT2D eigenvalue weighted by molar-refractivity contribution is 7.97. The Morgan fingerprint density at radius 1 is 0.735 bits per heavy atom. The van der Waals surface area contributed by atoms with E-state index in [1.165, 1.54) is 36.4 Å². The highest BCUT2D eigenvalue weighted by Crippen LogP contribution is 2.33. The van der Waals surface area contributed by atoms with Gasteiger partial charge in [-0.15, -0.1) is 0 Å². The average Bonchev–Trinajstić information content (AvgIpc) is 2.82. The summed E-state index contributed by atoms with van der Waals surface area (Å²) in [5, 5.41) is 0. The summed E-state index contributed by atoms with van der Waals surface area (Å²) in [6, 6.07) is 29.9. The van der Waals surface area contributed by atoms with Crippen LogP contribution in [0.25, 0.3) is 0 Å². The Kier molecular flexibility index (Phi) is 6.98. The maximum Gasteiger partial charge on any atom is 0.514 e. The molecule has 0 aliphatic rings. The normalized spacial score (nSPS) is 11.3. The summed E-state index contributed by atoms with van der Waals surface area (Å²) >= 11 is 0. The number of rotatable bonds is 6. The van der Waals surface area contributed by atoms with Gasteiger partial charge in [0, 0.05) is 6.07 Å². The van der Waals surface area contributed by atoms with E-state index < -0.39 is 34.3 Å². The molecular weight excluding hydrogens is 454 g/mol. The first kappa shape index (κ1) is 23.5. The van der Waals surface area contributed by atoms with Crippen LogP contribution in [0.1, 0.15) is 19.4 Å². The number of halogens is 2. The Morgan fingerprint density at radius 2 is 1.29 bits per heavy atom. The van der Waals surface area contributed by atoms with E-state index in [1.54, 1.807) is 19.9 Å². The van der Waals surface area contributed by atoms with Crippen LogP contribution in [-0.2, 0) is 21.2 Å². The fraction of sp³-hybridized carbons (Fsp3) is 0.107. The van der Waals surface area contributed by atoms with Gasteiger partial charge in [0.15, 0.2) is 26.3 Å². The van der Waals surface area contributed by atoms with Crippen molar-refractivity contribution in [3.05, 3.63) is 120 Å². The lowest BCUT2D eigenvalue weighted by atomic mass is 9.98. The molecule has 6 heteroatoms. The lowest BCUT2D eigenvalue weighted by molar-refractivity contribution is 0.00561. The van der Waals surface area contributed by atoms with Crippen molar-refractivity contribution in [1.82, 2.24) is 0 Å². The number of carbonyl (C=O) groups excluding carboxylic acids is 1. The van der Waals surface area contributed by atoms with Crippen LogP contribution in [0.15, 0.2) is 118 Å². The summed E-state index contributed by atoms with van der Waals surface area (Å²) in [5.74, 6) is -1.29. The van der Waals surface area contributed by atoms with Crippen LogP contribution in [0, 0.1) is 11.6 Å². The third-order valence-electron chi connectivity index (χ3n) is 5.17. The van der Waals surface area contributed by atoms with Crippen LogP contribution in [0.4, 0.5) is 13.6 Å². The first-order valence-corrected chi connectivity index (χ1v) is 11.9. The molecule has 4 aromatic rings. The molecule has 0 unspecified atom stereocenters. The van der Waals surface area contributed by atoms with Crippen LogP contribution in [0.2, 0.25) is 0 Å². The van der Waals surface area contributed by atoms with E-state index in [9.17, 15) is 9.18 Å². The zero-order chi connectivity index (χ0) is 24.1. The van der Waals surface area contributed by atoms with Crippen molar-refractivity contribution in [1.29, 1.82) is 0 Å². The molecule has 0 saturated heterocycles. The lowest BCUT2D eigenvalue weighted by Crippen LogP contribution is -2.27. The molecule has 0 saturated carbocycles. The van der Waals surface area contributed by atoms with Gasteiger partial charge in [0.1, 0.15) is 11.4 Å². The molecule has 0 radical (unpaired) electrons. The van der Waals surface area contributed by atoms with E-state index in [1.807, 2.05) is 60.7 Å². The van der Waals surface area contributed by atoms with Gasteiger partial charge in [0.2, 0.25) is 0 Å². The van der Waals surface area contributed by atoms with Crippen molar-refractivity contribution < 1.29 is 23.0 Å². The highest BCUT2D eigenvalue weighted by atomic mass is 32.2. The SMILES string of the molecule is CC(C)(OC(=O)Oc1ccc([S+](c2ccccc2)c2ccccc2)cc1F)c1ccc(F)cc1. The minimum Gasteiger partial charge on any atom is -0.423 e. The molecule has 4 rings (SSSR count). The number of hydrogen-bond acceptors (Lipinski definition) is 3. The molecule has 0 amide bonds. The second-order valence-corrected chi connectivity index (χ2v) is 10.0. The molecule has 0 aliphatic heterocycles. The van der Waals surface area contributed by atoms with Crippen molar-refractivity contribution in [3.8, 4) is 5.75 Å². The van der Waals surface area contributed by atoms with Gasteiger partial charge >= 0.3 is 6.16 Å². The summed E-state index contributed by atoms with van der Waals surface area (Å²) in [5.41, 5.74) is -0.509. The van der Waals surface area contributed by atoms with Crippen LogP contribution < -0.4 is 4.74 Å². The van der Waals surface area contributed by atoms with Gasteiger partial charge in [-0.05, 0) is 67.9 Å². The summed E-state index contributed by atoms with van der Waals surface area (Å²) in [7, 11) is -0.531. The maximum absolute atomic E-state index is 15.0. The highest BCUT2D eigenvalue weighted by Gasteiger charge is 2.31. The largest absolute Gasteiger partial charge is 0.514 e. The van der Waals surface area contributed by atoms with Gasteiger partial charge in [-0.3, -0.25) is 0 Å². The topological polar surface area (TPSA) is 35.5 Å². The van der Waals surface area contributed by atoms with Crippen molar-refractivity contribution in [2.24, 2.45) is 0 Å². The van der Waals surface area contributed by atoms with E-state index in [4.69, 9.17) is 9.47 Å². The molecule has 34 heavy (non-hydrogen) atoms. The Morgan fingerprint density at radius 3 is 1.82 bits per heavy atom. The number of benzene rings is 4. The minimum absolute atomic E-state index is 0.228. The van der Waals surface area contributed by atoms with Crippen molar-refractivity contribution >= 4 is 17.1 Å². The lowest BCUT2D eigenvalue weighted by Gasteiger charge is -2.25. The van der Waals surface area contributed by atoms with Crippen molar-refractivity contribution in [2.45, 2.75) is 34.1 Å². The third kappa shape index (κ3) is 5.46.